The van der Waals surface area contributed by atoms with Crippen molar-refractivity contribution >= 4 is 23.5 Å². The number of hydrogen-bond acceptors (Lipinski definition) is 9. The molecule has 368 valence electrons. The Morgan fingerprint density at radius 3 is 1.88 bits per heavy atom. The largest absolute Gasteiger partial charge is 0.493 e. The van der Waals surface area contributed by atoms with Crippen LogP contribution in [0.2, 0.25) is 0 Å². The number of carbonyl (C=O) groups is 4. The fourth-order valence-corrected chi connectivity index (χ4v) is 9.38. The monoisotopic (exact) mass is 925 g/mol. The third kappa shape index (κ3) is 16.0. The van der Waals surface area contributed by atoms with Crippen LogP contribution in [-0.2, 0) is 38.4 Å². The molecule has 0 spiro atoms. The van der Waals surface area contributed by atoms with Gasteiger partial charge in [-0.15, -0.1) is 0 Å². The van der Waals surface area contributed by atoms with E-state index in [-0.39, 0.29) is 47.7 Å². The van der Waals surface area contributed by atoms with Gasteiger partial charge in [0, 0.05) is 12.8 Å². The molecule has 0 saturated carbocycles. The molecule has 0 amide bonds. The molecule has 3 aromatic rings. The summed E-state index contributed by atoms with van der Waals surface area (Å²) in [6, 6.07) is 16.0. The Hall–Kier alpha value is -5.12. The van der Waals surface area contributed by atoms with Crippen LogP contribution in [0.25, 0.3) is 0 Å². The number of benzene rings is 3. The van der Waals surface area contributed by atoms with E-state index in [9.17, 15) is 24.3 Å². The van der Waals surface area contributed by atoms with Crippen LogP contribution >= 0.6 is 0 Å². The molecular weight excluding hydrogens is 845 g/mol. The number of esters is 1. The maximum Gasteiger partial charge on any atom is 0.318 e. The number of aryl methyl sites for hydroxylation is 3. The van der Waals surface area contributed by atoms with Crippen molar-refractivity contribution in [1.82, 2.24) is 0 Å². The molecule has 5 atom stereocenters. The average Bonchev–Trinajstić information content (AvgIpc) is 3.27. The third-order valence-electron chi connectivity index (χ3n) is 14.3. The van der Waals surface area contributed by atoms with E-state index in [1.807, 2.05) is 24.3 Å². The number of ketones is 2. The molecule has 10 heteroatoms. The predicted molar refractivity (Wildman–Crippen MR) is 266 cm³/mol. The van der Waals surface area contributed by atoms with Gasteiger partial charge in [-0.05, 0) is 140 Å². The van der Waals surface area contributed by atoms with Crippen molar-refractivity contribution in [3.05, 3.63) is 89.2 Å². The molecule has 0 aliphatic carbocycles. The van der Waals surface area contributed by atoms with Gasteiger partial charge >= 0.3 is 11.9 Å². The Kier molecular flexibility index (Phi) is 20.6. The lowest BCUT2D eigenvalue weighted by Crippen LogP contribution is -2.41. The van der Waals surface area contributed by atoms with E-state index in [0.29, 0.717) is 78.8 Å². The normalized spacial score (nSPS) is 15.2. The van der Waals surface area contributed by atoms with Crippen molar-refractivity contribution in [2.24, 2.45) is 34.5 Å². The smallest absolute Gasteiger partial charge is 0.318 e. The molecule has 0 bridgehead atoms. The van der Waals surface area contributed by atoms with Crippen LogP contribution < -0.4 is 23.7 Å². The fourth-order valence-electron chi connectivity index (χ4n) is 9.38. The molecule has 0 aromatic heterocycles. The number of allylic oxidation sites excluding steroid dienone is 1. The zero-order valence-corrected chi connectivity index (χ0v) is 42.5. The van der Waals surface area contributed by atoms with Crippen LogP contribution in [0.1, 0.15) is 161 Å². The molecule has 3 aromatic carbocycles. The van der Waals surface area contributed by atoms with Crippen LogP contribution in [0, 0.1) is 34.5 Å². The van der Waals surface area contributed by atoms with E-state index in [0.717, 1.165) is 48.1 Å². The van der Waals surface area contributed by atoms with Gasteiger partial charge in [0.25, 0.3) is 0 Å². The molecular formula is C57H80O10. The van der Waals surface area contributed by atoms with Crippen molar-refractivity contribution in [3.8, 4) is 28.7 Å². The van der Waals surface area contributed by atoms with Crippen molar-refractivity contribution in [1.29, 1.82) is 0 Å². The summed E-state index contributed by atoms with van der Waals surface area (Å²) in [6.45, 7) is 24.2. The SMILES string of the molecule is C=C(C)Oc1ccc(CCC(=O)CC(=O)CCc2ccc(OC(=O)C(C)(CCCC(C)C(C)CC(C)C(C)(C)CCCC(C)C)C(C(=O)O)c3ccc4c(c3)CCCO4)c(OC)c2)cc1OC. The quantitative estimate of drug-likeness (QED) is 0.0310. The Morgan fingerprint density at radius 1 is 0.746 bits per heavy atom. The summed E-state index contributed by atoms with van der Waals surface area (Å²) in [6.07, 6.45) is 9.15. The first-order valence-electron chi connectivity index (χ1n) is 24.6. The maximum atomic E-state index is 14.7. The highest BCUT2D eigenvalue weighted by Crippen LogP contribution is 2.45. The average molecular weight is 925 g/mol. The van der Waals surface area contributed by atoms with Crippen LogP contribution in [0.3, 0.4) is 0 Å². The topological polar surface area (TPSA) is 135 Å². The van der Waals surface area contributed by atoms with Crippen LogP contribution in [0.15, 0.2) is 66.9 Å². The van der Waals surface area contributed by atoms with Gasteiger partial charge in [-0.25, -0.2) is 0 Å². The van der Waals surface area contributed by atoms with E-state index in [1.54, 1.807) is 51.3 Å². The lowest BCUT2D eigenvalue weighted by atomic mass is 9.68. The van der Waals surface area contributed by atoms with Crippen molar-refractivity contribution in [2.75, 3.05) is 20.8 Å². The van der Waals surface area contributed by atoms with Gasteiger partial charge in [0.2, 0.25) is 0 Å². The number of fused-ring (bicyclic) bond motifs is 1. The fraction of sp³-hybridized carbons (Fsp3) is 0.579. The van der Waals surface area contributed by atoms with E-state index in [2.05, 4.69) is 55.0 Å². The van der Waals surface area contributed by atoms with Gasteiger partial charge in [0.05, 0.1) is 44.3 Å². The highest BCUT2D eigenvalue weighted by molar-refractivity contribution is 5.99. The molecule has 4 rings (SSSR count). The van der Waals surface area contributed by atoms with Crippen molar-refractivity contribution in [3.63, 3.8) is 0 Å². The summed E-state index contributed by atoms with van der Waals surface area (Å²) in [5, 5.41) is 11.0. The summed E-state index contributed by atoms with van der Waals surface area (Å²) >= 11 is 0. The van der Waals surface area contributed by atoms with Crippen molar-refractivity contribution < 1.29 is 48.0 Å². The molecule has 0 saturated heterocycles. The van der Waals surface area contributed by atoms with Gasteiger partial charge < -0.3 is 28.8 Å². The Labute approximate surface area is 401 Å². The molecule has 1 N–H and O–H groups in total. The number of carbonyl (C=O) groups excluding carboxylic acids is 3. The minimum absolute atomic E-state index is 0.144. The number of aliphatic carboxylic acids is 1. The zero-order chi connectivity index (χ0) is 49.5. The summed E-state index contributed by atoms with van der Waals surface area (Å²) in [7, 11) is 3.02. The first-order chi connectivity index (χ1) is 31.7. The Bertz CT molecular complexity index is 2150. The van der Waals surface area contributed by atoms with Gasteiger partial charge in [0.15, 0.2) is 23.0 Å². The van der Waals surface area contributed by atoms with E-state index in [4.69, 9.17) is 23.7 Å². The number of rotatable bonds is 29. The van der Waals surface area contributed by atoms with E-state index < -0.39 is 23.3 Å². The predicted octanol–water partition coefficient (Wildman–Crippen LogP) is 13.1. The molecule has 5 unspecified atom stereocenters. The molecule has 10 nitrogen and oxygen atoms in total. The van der Waals surface area contributed by atoms with Gasteiger partial charge in [0.1, 0.15) is 17.3 Å². The summed E-state index contributed by atoms with van der Waals surface area (Å²) in [5.74, 6) is 1.62. The second-order valence-corrected chi connectivity index (χ2v) is 20.7. The second kappa shape index (κ2) is 25.3. The summed E-state index contributed by atoms with van der Waals surface area (Å²) in [5.41, 5.74) is 1.93. The minimum Gasteiger partial charge on any atom is -0.493 e. The second-order valence-electron chi connectivity index (χ2n) is 20.7. The number of carboxylic acids is 1. The lowest BCUT2D eigenvalue weighted by molar-refractivity contribution is -0.155. The molecule has 1 aliphatic heterocycles. The molecule has 1 aliphatic rings. The van der Waals surface area contributed by atoms with Gasteiger partial charge in [-0.3, -0.25) is 19.2 Å². The van der Waals surface area contributed by atoms with Crippen LogP contribution in [0.4, 0.5) is 0 Å². The van der Waals surface area contributed by atoms with Crippen LogP contribution in [0.5, 0.6) is 28.7 Å². The number of ether oxygens (including phenoxy) is 5. The number of Topliss-reactive ketones (excluding diaryl/α,β-unsaturated/α-hetero) is 2. The zero-order valence-electron chi connectivity index (χ0n) is 42.5. The summed E-state index contributed by atoms with van der Waals surface area (Å²) in [4.78, 5) is 53.9. The highest BCUT2D eigenvalue weighted by Gasteiger charge is 2.48. The molecule has 0 fully saturated rings. The first kappa shape index (κ1) is 54.5. The number of hydrogen-bond donors (Lipinski definition) is 1. The lowest BCUT2D eigenvalue weighted by Gasteiger charge is -2.36. The van der Waals surface area contributed by atoms with Gasteiger partial charge in [-0.1, -0.05) is 105 Å². The van der Waals surface area contributed by atoms with Crippen molar-refractivity contribution in [2.45, 2.75) is 158 Å². The summed E-state index contributed by atoms with van der Waals surface area (Å²) < 4.78 is 28.7. The molecule has 0 radical (unpaired) electrons. The van der Waals surface area contributed by atoms with Gasteiger partial charge in [-0.2, -0.15) is 0 Å². The third-order valence-corrected chi connectivity index (χ3v) is 14.3. The van der Waals surface area contributed by atoms with E-state index in [1.165, 1.54) is 26.4 Å². The molecule has 67 heavy (non-hydrogen) atoms. The Balaban J connectivity index is 1.45. The standard InChI is InChI=1S/C57H80O10/c1-37(2)16-13-29-56(8,9)41(7)32-40(6)39(5)17-14-30-57(10,53(54(60)61)45-23-28-48-44(35-45)18-15-31-65-48)55(62)67-50-27-22-43(34-52(50)64-12)20-25-47(59)36-46(58)24-19-42-21-26-49(66-38(3)4)51(33-42)63-11/h21-23,26-28,33-35,37,39-41,53H,3,13-20,24-25,29-32,36H2,1-2,4-12H3,(H,60,61). The maximum absolute atomic E-state index is 14.7. The number of carboxylic acid groups (broad SMARTS) is 1. The minimum atomic E-state index is -1.44. The number of methoxy groups -OCH3 is 2. The highest BCUT2D eigenvalue weighted by atomic mass is 16.6. The molecule has 1 heterocycles. The Morgan fingerprint density at radius 2 is 1.33 bits per heavy atom. The van der Waals surface area contributed by atoms with Crippen LogP contribution in [-0.4, -0.2) is 49.4 Å². The first-order valence-corrected chi connectivity index (χ1v) is 24.6. The van der Waals surface area contributed by atoms with E-state index >= 15 is 0 Å².